The molecule has 0 heterocycles. The Kier molecular flexibility index (Phi) is 23.6. The largest absolute Gasteiger partial charge is 0.326 e. The van der Waals surface area contributed by atoms with Gasteiger partial charge in [0, 0.05) is 25.2 Å². The molecule has 0 unspecified atom stereocenters. The second-order valence-corrected chi connectivity index (χ2v) is 6.66. The van der Waals surface area contributed by atoms with Crippen molar-refractivity contribution in [2.75, 3.05) is 26.2 Å². The van der Waals surface area contributed by atoms with E-state index in [1.165, 1.54) is 11.1 Å². The Morgan fingerprint density at radius 1 is 0.586 bits per heavy atom. The molecular formula is C21H36Cl4N4. The number of benzene rings is 2. The summed E-state index contributed by atoms with van der Waals surface area (Å²) in [5, 5.41) is 6.87. The fraction of sp³-hybridized carbons (Fsp3) is 0.429. The van der Waals surface area contributed by atoms with E-state index < -0.39 is 0 Å². The maximum atomic E-state index is 6.16. The Morgan fingerprint density at radius 3 is 1.28 bits per heavy atom. The average Bonchev–Trinajstić information content (AvgIpc) is 2.62. The van der Waals surface area contributed by atoms with E-state index in [0.29, 0.717) is 0 Å². The van der Waals surface area contributed by atoms with Crippen molar-refractivity contribution in [2.24, 2.45) is 11.5 Å². The Morgan fingerprint density at radius 2 is 0.931 bits per heavy atom. The van der Waals surface area contributed by atoms with Gasteiger partial charge in [-0.3, -0.25) is 0 Å². The predicted molar refractivity (Wildman–Crippen MR) is 136 cm³/mol. The molecule has 4 nitrogen and oxygen atoms in total. The molecule has 0 saturated heterocycles. The lowest BCUT2D eigenvalue weighted by Crippen LogP contribution is -2.38. The minimum Gasteiger partial charge on any atom is -0.326 e. The summed E-state index contributed by atoms with van der Waals surface area (Å²) in [5.41, 5.74) is 14.9. The third-order valence-electron chi connectivity index (χ3n) is 4.20. The molecule has 8 heteroatoms. The molecule has 0 saturated carbocycles. The van der Waals surface area contributed by atoms with Gasteiger partial charge in [-0.05, 0) is 43.5 Å². The Balaban J connectivity index is -0.00000169. The fourth-order valence-electron chi connectivity index (χ4n) is 2.89. The van der Waals surface area contributed by atoms with Crippen LogP contribution < -0.4 is 22.1 Å². The summed E-state index contributed by atoms with van der Waals surface area (Å²) in [5.74, 6) is 0. The van der Waals surface area contributed by atoms with Crippen LogP contribution in [0.25, 0.3) is 0 Å². The smallest absolute Gasteiger partial charge is 0.0206 e. The first-order chi connectivity index (χ1) is 12.2. The highest BCUT2D eigenvalue weighted by molar-refractivity contribution is 5.86. The van der Waals surface area contributed by atoms with Crippen molar-refractivity contribution >= 4 is 49.6 Å². The van der Waals surface area contributed by atoms with Gasteiger partial charge in [0.2, 0.25) is 0 Å². The van der Waals surface area contributed by atoms with E-state index >= 15 is 0 Å². The zero-order valence-corrected chi connectivity index (χ0v) is 19.9. The number of nitrogens with two attached hydrogens (primary N) is 2. The number of nitrogens with one attached hydrogen (secondary N) is 2. The van der Waals surface area contributed by atoms with E-state index in [1.54, 1.807) is 0 Å². The summed E-state index contributed by atoms with van der Waals surface area (Å²) in [7, 11) is 0. The van der Waals surface area contributed by atoms with Gasteiger partial charge in [-0.15, -0.1) is 49.6 Å². The molecule has 0 aliphatic rings. The van der Waals surface area contributed by atoms with Crippen LogP contribution in [-0.2, 0) is 12.8 Å². The molecule has 6 N–H and O–H groups in total. The molecule has 0 amide bonds. The Labute approximate surface area is 200 Å². The van der Waals surface area contributed by atoms with Gasteiger partial charge >= 0.3 is 0 Å². The first-order valence-electron chi connectivity index (χ1n) is 9.24. The van der Waals surface area contributed by atoms with Crippen molar-refractivity contribution in [3.05, 3.63) is 71.8 Å². The number of halogens is 4. The first-order valence-corrected chi connectivity index (χ1v) is 9.24. The molecular weight excluding hydrogens is 450 g/mol. The predicted octanol–water partition coefficient (Wildman–Crippen LogP) is 3.38. The average molecular weight is 486 g/mol. The minimum atomic E-state index is 0. The Bertz CT molecular complexity index is 524. The molecule has 0 spiro atoms. The number of hydrogen-bond donors (Lipinski definition) is 4. The molecule has 0 aliphatic carbocycles. The van der Waals surface area contributed by atoms with Gasteiger partial charge in [-0.2, -0.15) is 0 Å². The van der Waals surface area contributed by atoms with Gasteiger partial charge in [0.15, 0.2) is 0 Å². The lowest BCUT2D eigenvalue weighted by atomic mass is 10.1. The van der Waals surface area contributed by atoms with Crippen molar-refractivity contribution in [3.8, 4) is 0 Å². The van der Waals surface area contributed by atoms with Gasteiger partial charge in [-0.25, -0.2) is 0 Å². The van der Waals surface area contributed by atoms with Crippen molar-refractivity contribution < 1.29 is 0 Å². The van der Waals surface area contributed by atoms with E-state index in [-0.39, 0.29) is 61.7 Å². The lowest BCUT2D eigenvalue weighted by molar-refractivity contribution is 0.527. The van der Waals surface area contributed by atoms with Crippen LogP contribution in [-0.4, -0.2) is 38.3 Å². The molecule has 0 aliphatic heterocycles. The maximum absolute atomic E-state index is 6.16. The van der Waals surface area contributed by atoms with Crippen molar-refractivity contribution in [3.63, 3.8) is 0 Å². The van der Waals surface area contributed by atoms with Crippen LogP contribution in [0.3, 0.4) is 0 Å². The molecule has 168 valence electrons. The molecule has 29 heavy (non-hydrogen) atoms. The van der Waals surface area contributed by atoms with Crippen LogP contribution >= 0.6 is 49.6 Å². The normalized spacial score (nSPS) is 11.7. The quantitative estimate of drug-likeness (QED) is 0.347. The summed E-state index contributed by atoms with van der Waals surface area (Å²) < 4.78 is 0. The highest BCUT2D eigenvalue weighted by atomic mass is 35.5. The van der Waals surface area contributed by atoms with E-state index in [4.69, 9.17) is 11.5 Å². The van der Waals surface area contributed by atoms with Gasteiger partial charge in [0.1, 0.15) is 0 Å². The lowest BCUT2D eigenvalue weighted by Gasteiger charge is -2.14. The third kappa shape index (κ3) is 15.9. The van der Waals surface area contributed by atoms with E-state index in [9.17, 15) is 0 Å². The number of rotatable bonds is 12. The minimum absolute atomic E-state index is 0. The highest BCUT2D eigenvalue weighted by Gasteiger charge is 2.04. The van der Waals surface area contributed by atoms with E-state index in [0.717, 1.165) is 45.4 Å². The molecule has 2 aromatic carbocycles. The summed E-state index contributed by atoms with van der Waals surface area (Å²) in [6.45, 7) is 3.65. The second kappa shape index (κ2) is 20.7. The van der Waals surface area contributed by atoms with Crippen molar-refractivity contribution in [2.45, 2.75) is 31.3 Å². The zero-order chi connectivity index (χ0) is 17.7. The maximum Gasteiger partial charge on any atom is 0.0206 e. The molecule has 0 aromatic heterocycles. The molecule has 2 atom stereocenters. The summed E-state index contributed by atoms with van der Waals surface area (Å²) >= 11 is 0. The summed E-state index contributed by atoms with van der Waals surface area (Å²) in [6, 6.07) is 21.1. The SMILES string of the molecule is Cl.Cl.Cl.Cl.N[C@H](CNCCCNC[C@@H](N)Cc1ccccc1)Cc1ccccc1. The molecule has 0 radical (unpaired) electrons. The van der Waals surface area contributed by atoms with Gasteiger partial charge < -0.3 is 22.1 Å². The molecule has 2 aromatic rings. The summed E-state index contributed by atoms with van der Waals surface area (Å²) in [6.07, 6.45) is 2.91. The second-order valence-electron chi connectivity index (χ2n) is 6.66. The van der Waals surface area contributed by atoms with Gasteiger partial charge in [0.25, 0.3) is 0 Å². The van der Waals surface area contributed by atoms with Crippen LogP contribution in [0.1, 0.15) is 17.5 Å². The Hall–Kier alpha value is -0.560. The topological polar surface area (TPSA) is 76.1 Å². The van der Waals surface area contributed by atoms with E-state index in [1.807, 2.05) is 12.1 Å². The standard InChI is InChI=1S/C21H32N4.4ClH/c22-20(14-18-8-3-1-4-9-18)16-24-12-7-13-25-17-21(23)15-19-10-5-2-6-11-19;;;;/h1-6,8-11,20-21,24-25H,7,12-17,22-23H2;4*1H/t20-,21-;;;;/m0..../s1. The van der Waals surface area contributed by atoms with Crippen LogP contribution in [0.5, 0.6) is 0 Å². The first kappa shape index (κ1) is 33.1. The van der Waals surface area contributed by atoms with Crippen LogP contribution in [0.2, 0.25) is 0 Å². The van der Waals surface area contributed by atoms with Crippen molar-refractivity contribution in [1.82, 2.24) is 10.6 Å². The van der Waals surface area contributed by atoms with E-state index in [2.05, 4.69) is 59.2 Å². The monoisotopic (exact) mass is 484 g/mol. The third-order valence-corrected chi connectivity index (χ3v) is 4.20. The molecule has 2 rings (SSSR count). The van der Waals surface area contributed by atoms with Gasteiger partial charge in [-0.1, -0.05) is 60.7 Å². The van der Waals surface area contributed by atoms with Crippen LogP contribution in [0, 0.1) is 0 Å². The highest BCUT2D eigenvalue weighted by Crippen LogP contribution is 2.02. The number of hydrogen-bond acceptors (Lipinski definition) is 4. The van der Waals surface area contributed by atoms with Crippen molar-refractivity contribution in [1.29, 1.82) is 0 Å². The zero-order valence-electron chi connectivity index (χ0n) is 16.7. The van der Waals surface area contributed by atoms with Gasteiger partial charge in [0.05, 0.1) is 0 Å². The molecule has 0 fully saturated rings. The van der Waals surface area contributed by atoms with Crippen LogP contribution in [0.15, 0.2) is 60.7 Å². The summed E-state index contributed by atoms with van der Waals surface area (Å²) in [4.78, 5) is 0. The molecule has 0 bridgehead atoms. The fourth-order valence-corrected chi connectivity index (χ4v) is 2.89. The van der Waals surface area contributed by atoms with Crippen LogP contribution in [0.4, 0.5) is 0 Å².